The molecule has 0 radical (unpaired) electrons. The van der Waals surface area contributed by atoms with Crippen LogP contribution in [0.15, 0.2) is 6.33 Å². The molecule has 8 heteroatoms. The summed E-state index contributed by atoms with van der Waals surface area (Å²) in [7, 11) is 0. The Balaban J connectivity index is 2.96. The Morgan fingerprint density at radius 2 is 1.86 bits per heavy atom. The van der Waals surface area contributed by atoms with Crippen LogP contribution in [0.5, 0.6) is 0 Å². The average molecular weight is 313 g/mol. The summed E-state index contributed by atoms with van der Waals surface area (Å²) >= 11 is 0. The second-order valence-corrected chi connectivity index (χ2v) is 5.84. The summed E-state index contributed by atoms with van der Waals surface area (Å²) in [5.41, 5.74) is -0.283. The predicted octanol–water partition coefficient (Wildman–Crippen LogP) is 3.20. The van der Waals surface area contributed by atoms with Crippen LogP contribution in [0.25, 0.3) is 0 Å². The van der Waals surface area contributed by atoms with Gasteiger partial charge in [0.1, 0.15) is 12.2 Å². The number of aromatic nitrogens is 3. The van der Waals surface area contributed by atoms with Crippen LogP contribution in [0.2, 0.25) is 0 Å². The van der Waals surface area contributed by atoms with Crippen molar-refractivity contribution in [1.29, 1.82) is 10.5 Å². The quantitative estimate of drug-likeness (QED) is 0.808. The van der Waals surface area contributed by atoms with Crippen LogP contribution in [0.4, 0.5) is 13.2 Å². The fraction of sp³-hybridized carbons (Fsp3) is 0.714. The molecule has 5 nitrogen and oxygen atoms in total. The van der Waals surface area contributed by atoms with E-state index in [1.54, 1.807) is 12.1 Å². The maximum absolute atomic E-state index is 12.6. The molecular weight excluding hydrogens is 295 g/mol. The van der Waals surface area contributed by atoms with Gasteiger partial charge in [-0.25, -0.2) is 4.98 Å². The molecule has 0 amide bonds. The van der Waals surface area contributed by atoms with Gasteiger partial charge in [-0.2, -0.15) is 28.8 Å². The van der Waals surface area contributed by atoms with E-state index in [0.717, 1.165) is 6.42 Å². The number of nitriles is 2. The second-order valence-electron chi connectivity index (χ2n) is 5.84. The van der Waals surface area contributed by atoms with Gasteiger partial charge in [0, 0.05) is 17.9 Å². The van der Waals surface area contributed by atoms with E-state index in [4.69, 9.17) is 10.5 Å². The van der Waals surface area contributed by atoms with E-state index in [9.17, 15) is 13.2 Å². The molecule has 0 aliphatic heterocycles. The zero-order valence-electron chi connectivity index (χ0n) is 12.7. The molecule has 0 fully saturated rings. The van der Waals surface area contributed by atoms with Crippen LogP contribution in [-0.2, 0) is 12.0 Å². The van der Waals surface area contributed by atoms with Gasteiger partial charge in [0.2, 0.25) is 0 Å². The minimum Gasteiger partial charge on any atom is -0.252 e. The lowest BCUT2D eigenvalue weighted by Gasteiger charge is -2.20. The molecule has 0 saturated carbocycles. The lowest BCUT2D eigenvalue weighted by Crippen LogP contribution is -2.26. The molecule has 0 aromatic carbocycles. The second kappa shape index (κ2) is 6.78. The Hall–Kier alpha value is -2.09. The number of hydrogen-bond donors (Lipinski definition) is 0. The van der Waals surface area contributed by atoms with E-state index in [2.05, 4.69) is 10.1 Å². The highest BCUT2D eigenvalue weighted by molar-refractivity contribution is 5.04. The maximum atomic E-state index is 12.6. The Morgan fingerprint density at radius 3 is 2.32 bits per heavy atom. The van der Waals surface area contributed by atoms with Crippen molar-refractivity contribution in [2.75, 3.05) is 0 Å². The molecule has 1 unspecified atom stereocenters. The number of hydrogen-bond acceptors (Lipinski definition) is 4. The third-order valence-corrected chi connectivity index (χ3v) is 3.69. The molecule has 0 bridgehead atoms. The molecule has 0 aliphatic rings. The summed E-state index contributed by atoms with van der Waals surface area (Å²) in [5.74, 6) is -1.98. The summed E-state index contributed by atoms with van der Waals surface area (Å²) in [5, 5.41) is 21.9. The Morgan fingerprint density at radius 1 is 1.27 bits per heavy atom. The molecule has 0 aliphatic carbocycles. The molecule has 120 valence electrons. The molecule has 1 rings (SSSR count). The molecule has 1 aromatic heterocycles. The fourth-order valence-electron chi connectivity index (χ4n) is 1.92. The van der Waals surface area contributed by atoms with E-state index in [1.165, 1.54) is 11.0 Å². The molecule has 0 spiro atoms. The fourth-order valence-corrected chi connectivity index (χ4v) is 1.92. The summed E-state index contributed by atoms with van der Waals surface area (Å²) in [6.07, 6.45) is -3.52. The summed E-state index contributed by atoms with van der Waals surface area (Å²) < 4.78 is 39.2. The van der Waals surface area contributed by atoms with E-state index in [-0.39, 0.29) is 12.0 Å². The van der Waals surface area contributed by atoms with Crippen LogP contribution in [0, 0.1) is 34.5 Å². The lowest BCUT2D eigenvalue weighted by molar-refractivity contribution is -0.147. The van der Waals surface area contributed by atoms with Crippen molar-refractivity contribution in [1.82, 2.24) is 14.8 Å². The van der Waals surface area contributed by atoms with Gasteiger partial charge in [0.05, 0.1) is 18.6 Å². The number of alkyl halides is 3. The molecule has 1 atom stereocenters. The lowest BCUT2D eigenvalue weighted by atomic mass is 9.90. The standard InChI is InChI=1S/C14H18F3N5/c1-4-13(2,3)12-20-9-22(21-12)8-10(5-14(15,16)17)11(6-18)7-19/h9-11H,4-5,8H2,1-3H3. The van der Waals surface area contributed by atoms with Gasteiger partial charge in [-0.1, -0.05) is 20.8 Å². The van der Waals surface area contributed by atoms with Gasteiger partial charge in [-0.05, 0) is 6.42 Å². The van der Waals surface area contributed by atoms with Crippen LogP contribution < -0.4 is 0 Å². The van der Waals surface area contributed by atoms with Crippen LogP contribution in [0.1, 0.15) is 39.4 Å². The van der Waals surface area contributed by atoms with Gasteiger partial charge >= 0.3 is 6.18 Å². The molecular formula is C14H18F3N5. The first kappa shape index (κ1) is 18.0. The van der Waals surface area contributed by atoms with Crippen molar-refractivity contribution in [2.24, 2.45) is 11.8 Å². The smallest absolute Gasteiger partial charge is 0.252 e. The van der Waals surface area contributed by atoms with E-state index < -0.39 is 24.4 Å². The van der Waals surface area contributed by atoms with Crippen molar-refractivity contribution >= 4 is 0 Å². The minimum atomic E-state index is -4.44. The highest BCUT2D eigenvalue weighted by Gasteiger charge is 2.36. The topological polar surface area (TPSA) is 78.3 Å². The van der Waals surface area contributed by atoms with E-state index in [0.29, 0.717) is 5.82 Å². The van der Waals surface area contributed by atoms with Crippen molar-refractivity contribution in [3.8, 4) is 12.1 Å². The number of nitrogens with zero attached hydrogens (tertiary/aromatic N) is 5. The normalized spacial score (nSPS) is 13.7. The largest absolute Gasteiger partial charge is 0.389 e. The highest BCUT2D eigenvalue weighted by atomic mass is 19.4. The van der Waals surface area contributed by atoms with Crippen molar-refractivity contribution in [2.45, 2.75) is 51.7 Å². The van der Waals surface area contributed by atoms with Crippen LogP contribution in [0.3, 0.4) is 0 Å². The van der Waals surface area contributed by atoms with Gasteiger partial charge in [0.15, 0.2) is 5.82 Å². The number of rotatable bonds is 6. The highest BCUT2D eigenvalue weighted by Crippen LogP contribution is 2.30. The molecule has 0 N–H and O–H groups in total. The Bertz CT molecular complexity index is 563. The zero-order valence-corrected chi connectivity index (χ0v) is 12.7. The molecule has 0 saturated heterocycles. The van der Waals surface area contributed by atoms with Gasteiger partial charge in [0.25, 0.3) is 0 Å². The van der Waals surface area contributed by atoms with Crippen LogP contribution in [-0.4, -0.2) is 20.9 Å². The monoisotopic (exact) mass is 313 g/mol. The zero-order chi connectivity index (χ0) is 17.0. The minimum absolute atomic E-state index is 0.169. The summed E-state index contributed by atoms with van der Waals surface area (Å²) in [6.45, 7) is 5.67. The van der Waals surface area contributed by atoms with Gasteiger partial charge in [-0.15, -0.1) is 0 Å². The van der Waals surface area contributed by atoms with E-state index >= 15 is 0 Å². The Labute approximate surface area is 127 Å². The summed E-state index contributed by atoms with van der Waals surface area (Å²) in [4.78, 5) is 4.12. The summed E-state index contributed by atoms with van der Waals surface area (Å²) in [6, 6.07) is 3.24. The van der Waals surface area contributed by atoms with Crippen LogP contribution >= 0.6 is 0 Å². The predicted molar refractivity (Wildman–Crippen MR) is 72.2 cm³/mol. The van der Waals surface area contributed by atoms with Gasteiger partial charge < -0.3 is 0 Å². The third kappa shape index (κ3) is 4.73. The number of halogens is 3. The third-order valence-electron chi connectivity index (χ3n) is 3.69. The van der Waals surface area contributed by atoms with Crippen molar-refractivity contribution in [3.63, 3.8) is 0 Å². The molecule has 1 heterocycles. The first-order chi connectivity index (χ1) is 10.1. The Kier molecular flexibility index (Phi) is 5.54. The van der Waals surface area contributed by atoms with Crippen molar-refractivity contribution < 1.29 is 13.2 Å². The molecule has 22 heavy (non-hydrogen) atoms. The van der Waals surface area contributed by atoms with Gasteiger partial charge in [-0.3, -0.25) is 4.68 Å². The van der Waals surface area contributed by atoms with Crippen molar-refractivity contribution in [3.05, 3.63) is 12.2 Å². The first-order valence-corrected chi connectivity index (χ1v) is 6.89. The first-order valence-electron chi connectivity index (χ1n) is 6.89. The SMILES string of the molecule is CCC(C)(C)c1ncn(CC(CC(F)(F)F)C(C#N)C#N)n1. The van der Waals surface area contributed by atoms with E-state index in [1.807, 2.05) is 20.8 Å². The molecule has 1 aromatic rings. The maximum Gasteiger partial charge on any atom is 0.389 e. The average Bonchev–Trinajstić information content (AvgIpc) is 2.87.